The zero-order chi connectivity index (χ0) is 14.8. The summed E-state index contributed by atoms with van der Waals surface area (Å²) in [6.45, 7) is 8.89. The zero-order valence-electron chi connectivity index (χ0n) is 12.5. The Bertz CT molecular complexity index is 490. The molecule has 20 heavy (non-hydrogen) atoms. The van der Waals surface area contributed by atoms with Gasteiger partial charge in [-0.25, -0.2) is 0 Å². The number of anilines is 2. The number of benzene rings is 1. The molecule has 0 bridgehead atoms. The second kappa shape index (κ2) is 5.69. The lowest BCUT2D eigenvalue weighted by molar-refractivity contribution is -0.383. The van der Waals surface area contributed by atoms with Crippen molar-refractivity contribution in [1.82, 2.24) is 0 Å². The Hall–Kier alpha value is -1.78. The van der Waals surface area contributed by atoms with Crippen molar-refractivity contribution in [2.24, 2.45) is 5.41 Å². The summed E-state index contributed by atoms with van der Waals surface area (Å²) in [7, 11) is 0. The molecule has 0 amide bonds. The summed E-state index contributed by atoms with van der Waals surface area (Å²) in [4.78, 5) is 13.3. The first kappa shape index (κ1) is 14.6. The van der Waals surface area contributed by atoms with Gasteiger partial charge in [-0.3, -0.25) is 10.1 Å². The van der Waals surface area contributed by atoms with Gasteiger partial charge < -0.3 is 10.2 Å². The molecule has 1 heterocycles. The highest BCUT2D eigenvalue weighted by Gasteiger charge is 2.30. The van der Waals surface area contributed by atoms with Crippen LogP contribution < -0.4 is 10.2 Å². The summed E-state index contributed by atoms with van der Waals surface area (Å²) in [5.41, 5.74) is 1.89. The number of para-hydroxylation sites is 1. The molecular formula is C15H23N3O2. The van der Waals surface area contributed by atoms with Crippen LogP contribution in [0, 0.1) is 15.5 Å². The Morgan fingerprint density at radius 1 is 1.35 bits per heavy atom. The van der Waals surface area contributed by atoms with Crippen molar-refractivity contribution < 1.29 is 4.92 Å². The Morgan fingerprint density at radius 3 is 2.55 bits per heavy atom. The molecule has 0 unspecified atom stereocenters. The van der Waals surface area contributed by atoms with E-state index < -0.39 is 0 Å². The number of hydrogen-bond donors (Lipinski definition) is 1. The molecule has 1 fully saturated rings. The molecule has 1 aromatic carbocycles. The lowest BCUT2D eigenvalue weighted by Crippen LogP contribution is -2.37. The van der Waals surface area contributed by atoms with E-state index in [9.17, 15) is 10.1 Å². The normalized spacial score (nSPS) is 17.9. The fourth-order valence-electron chi connectivity index (χ4n) is 2.66. The summed E-state index contributed by atoms with van der Waals surface area (Å²) in [6, 6.07) is 5.52. The Kier molecular flexibility index (Phi) is 4.16. The van der Waals surface area contributed by atoms with E-state index in [1.165, 1.54) is 0 Å². The van der Waals surface area contributed by atoms with Crippen LogP contribution >= 0.6 is 0 Å². The lowest BCUT2D eigenvalue weighted by Gasteiger charge is -2.38. The maximum Gasteiger partial charge on any atom is 0.315 e. The number of nitrogens with zero attached hydrogens (tertiary/aromatic N) is 2. The van der Waals surface area contributed by atoms with E-state index in [0.29, 0.717) is 17.6 Å². The summed E-state index contributed by atoms with van der Waals surface area (Å²) in [5.74, 6) is 0. The highest BCUT2D eigenvalue weighted by Crippen LogP contribution is 2.39. The number of nitro groups is 1. The second-order valence-electron chi connectivity index (χ2n) is 6.11. The van der Waals surface area contributed by atoms with Gasteiger partial charge in [0.25, 0.3) is 0 Å². The van der Waals surface area contributed by atoms with Gasteiger partial charge in [0.2, 0.25) is 0 Å². The first-order valence-electron chi connectivity index (χ1n) is 7.21. The third-order valence-corrected chi connectivity index (χ3v) is 4.02. The molecular weight excluding hydrogens is 254 g/mol. The number of rotatable bonds is 4. The van der Waals surface area contributed by atoms with Gasteiger partial charge in [0.05, 0.1) is 4.92 Å². The number of hydrogen-bond acceptors (Lipinski definition) is 4. The summed E-state index contributed by atoms with van der Waals surface area (Å²) in [5, 5.41) is 14.5. The average Bonchev–Trinajstić information content (AvgIpc) is 2.38. The van der Waals surface area contributed by atoms with Gasteiger partial charge in [-0.05, 0) is 37.3 Å². The van der Waals surface area contributed by atoms with Gasteiger partial charge in [0.15, 0.2) is 0 Å². The van der Waals surface area contributed by atoms with Crippen molar-refractivity contribution in [2.75, 3.05) is 29.9 Å². The molecule has 0 aliphatic carbocycles. The van der Waals surface area contributed by atoms with Crippen LogP contribution in [0.15, 0.2) is 18.2 Å². The quantitative estimate of drug-likeness (QED) is 0.674. The number of nitro benzene ring substituents is 1. The van der Waals surface area contributed by atoms with Crippen LogP contribution in [0.5, 0.6) is 0 Å². The fraction of sp³-hybridized carbons (Fsp3) is 0.600. The maximum atomic E-state index is 11.4. The summed E-state index contributed by atoms with van der Waals surface area (Å²) >= 11 is 0. The SMILES string of the molecule is CCNc1cccc(N2CCC(C)(C)CC2)c1[N+](=O)[O-]. The molecule has 0 spiro atoms. The molecule has 5 heteroatoms. The molecule has 0 saturated carbocycles. The first-order chi connectivity index (χ1) is 9.44. The van der Waals surface area contributed by atoms with Gasteiger partial charge in [0, 0.05) is 19.6 Å². The molecule has 1 N–H and O–H groups in total. The van der Waals surface area contributed by atoms with E-state index in [-0.39, 0.29) is 10.6 Å². The van der Waals surface area contributed by atoms with Crippen LogP contribution in [0.2, 0.25) is 0 Å². The lowest BCUT2D eigenvalue weighted by atomic mass is 9.82. The summed E-state index contributed by atoms with van der Waals surface area (Å²) < 4.78 is 0. The van der Waals surface area contributed by atoms with Crippen molar-refractivity contribution in [2.45, 2.75) is 33.6 Å². The van der Waals surface area contributed by atoms with Crippen LogP contribution in [0.25, 0.3) is 0 Å². The molecule has 0 aromatic heterocycles. The minimum absolute atomic E-state index is 0.203. The molecule has 0 radical (unpaired) electrons. The Balaban J connectivity index is 2.32. The molecule has 1 aromatic rings. The Morgan fingerprint density at radius 2 is 2.00 bits per heavy atom. The van der Waals surface area contributed by atoms with Crippen molar-refractivity contribution in [1.29, 1.82) is 0 Å². The predicted octanol–water partition coefficient (Wildman–Crippen LogP) is 3.65. The van der Waals surface area contributed by atoms with Crippen molar-refractivity contribution >= 4 is 17.1 Å². The van der Waals surface area contributed by atoms with Gasteiger partial charge in [0.1, 0.15) is 11.4 Å². The Labute approximate surface area is 120 Å². The molecule has 1 saturated heterocycles. The van der Waals surface area contributed by atoms with Gasteiger partial charge in [-0.1, -0.05) is 19.9 Å². The largest absolute Gasteiger partial charge is 0.380 e. The third kappa shape index (κ3) is 3.03. The summed E-state index contributed by atoms with van der Waals surface area (Å²) in [6.07, 6.45) is 2.13. The smallest absolute Gasteiger partial charge is 0.315 e. The molecule has 0 atom stereocenters. The minimum atomic E-state index is -0.271. The van der Waals surface area contributed by atoms with Crippen molar-refractivity contribution in [3.63, 3.8) is 0 Å². The van der Waals surface area contributed by atoms with E-state index in [2.05, 4.69) is 24.1 Å². The van der Waals surface area contributed by atoms with Crippen molar-refractivity contribution in [3.05, 3.63) is 28.3 Å². The number of piperidine rings is 1. The highest BCUT2D eigenvalue weighted by atomic mass is 16.6. The van der Waals surface area contributed by atoms with E-state index in [0.717, 1.165) is 31.6 Å². The molecule has 110 valence electrons. The van der Waals surface area contributed by atoms with Crippen LogP contribution in [-0.2, 0) is 0 Å². The van der Waals surface area contributed by atoms with Crippen LogP contribution in [-0.4, -0.2) is 24.6 Å². The van der Waals surface area contributed by atoms with Gasteiger partial charge >= 0.3 is 5.69 Å². The van der Waals surface area contributed by atoms with Crippen molar-refractivity contribution in [3.8, 4) is 0 Å². The number of nitrogens with one attached hydrogen (secondary N) is 1. The zero-order valence-corrected chi connectivity index (χ0v) is 12.5. The monoisotopic (exact) mass is 277 g/mol. The van der Waals surface area contributed by atoms with E-state index in [1.54, 1.807) is 6.07 Å². The standard InChI is InChI=1S/C15H23N3O2/c1-4-16-12-6-5-7-13(14(12)18(19)20)17-10-8-15(2,3)9-11-17/h5-7,16H,4,8-11H2,1-3H3. The predicted molar refractivity (Wildman–Crippen MR) is 82.5 cm³/mol. The second-order valence-corrected chi connectivity index (χ2v) is 6.11. The molecule has 1 aliphatic heterocycles. The van der Waals surface area contributed by atoms with Crippen LogP contribution in [0.3, 0.4) is 0 Å². The van der Waals surface area contributed by atoms with Gasteiger partial charge in [-0.2, -0.15) is 0 Å². The van der Waals surface area contributed by atoms with Crippen LogP contribution in [0.1, 0.15) is 33.6 Å². The van der Waals surface area contributed by atoms with Gasteiger partial charge in [-0.15, -0.1) is 0 Å². The first-order valence-corrected chi connectivity index (χ1v) is 7.21. The molecule has 2 rings (SSSR count). The maximum absolute atomic E-state index is 11.4. The minimum Gasteiger partial charge on any atom is -0.380 e. The molecule has 5 nitrogen and oxygen atoms in total. The average molecular weight is 277 g/mol. The third-order valence-electron chi connectivity index (χ3n) is 4.02. The van der Waals surface area contributed by atoms with Crippen LogP contribution in [0.4, 0.5) is 17.1 Å². The van der Waals surface area contributed by atoms with E-state index >= 15 is 0 Å². The van der Waals surface area contributed by atoms with E-state index in [1.807, 2.05) is 19.1 Å². The highest BCUT2D eigenvalue weighted by molar-refractivity contribution is 5.77. The molecule has 1 aliphatic rings. The topological polar surface area (TPSA) is 58.4 Å². The van der Waals surface area contributed by atoms with E-state index in [4.69, 9.17) is 0 Å². The fourth-order valence-corrected chi connectivity index (χ4v) is 2.66.